The Labute approximate surface area is 142 Å². The highest BCUT2D eigenvalue weighted by Gasteiger charge is 2.06. The molecule has 5 nitrogen and oxygen atoms in total. The number of rotatable bonds is 7. The summed E-state index contributed by atoms with van der Waals surface area (Å²) in [4.78, 5) is 23.2. The molecule has 2 aromatic rings. The Kier molecular flexibility index (Phi) is 6.51. The van der Waals surface area contributed by atoms with E-state index in [-0.39, 0.29) is 5.91 Å². The predicted octanol–water partition coefficient (Wildman–Crippen LogP) is 2.90. The van der Waals surface area contributed by atoms with Gasteiger partial charge < -0.3 is 15.4 Å². The molecule has 0 aromatic heterocycles. The quantitative estimate of drug-likeness (QED) is 0.606. The molecule has 0 bridgehead atoms. The Morgan fingerprint density at radius 2 is 1.67 bits per heavy atom. The average molecular weight is 326 g/mol. The van der Waals surface area contributed by atoms with Gasteiger partial charge in [-0.15, -0.1) is 0 Å². The molecule has 0 aliphatic heterocycles. The molecule has 0 atom stereocenters. The molecule has 0 spiro atoms. The summed E-state index contributed by atoms with van der Waals surface area (Å²) < 4.78 is 4.63. The van der Waals surface area contributed by atoms with Crippen LogP contribution in [0.3, 0.4) is 0 Å². The molecule has 2 aromatic carbocycles. The van der Waals surface area contributed by atoms with Crippen molar-refractivity contribution in [2.24, 2.45) is 0 Å². The summed E-state index contributed by atoms with van der Waals surface area (Å²) in [5, 5.41) is 6.05. The Hall–Kier alpha value is -2.66. The van der Waals surface area contributed by atoms with Gasteiger partial charge in [-0.1, -0.05) is 29.8 Å². The van der Waals surface area contributed by atoms with E-state index in [2.05, 4.69) is 46.6 Å². The van der Waals surface area contributed by atoms with Crippen LogP contribution in [0.5, 0.6) is 0 Å². The van der Waals surface area contributed by atoms with Crippen LogP contribution >= 0.6 is 0 Å². The second kappa shape index (κ2) is 8.84. The van der Waals surface area contributed by atoms with Gasteiger partial charge >= 0.3 is 5.97 Å². The van der Waals surface area contributed by atoms with Crippen LogP contribution in [0.2, 0.25) is 0 Å². The summed E-state index contributed by atoms with van der Waals surface area (Å²) in [6.45, 7) is 3.39. The molecule has 0 saturated heterocycles. The van der Waals surface area contributed by atoms with E-state index < -0.39 is 5.97 Å². The Balaban J connectivity index is 1.71. The third kappa shape index (κ3) is 5.52. The highest BCUT2D eigenvalue weighted by molar-refractivity contribution is 5.93. The predicted molar refractivity (Wildman–Crippen MR) is 93.9 cm³/mol. The van der Waals surface area contributed by atoms with Gasteiger partial charge in [0, 0.05) is 25.2 Å². The van der Waals surface area contributed by atoms with Crippen molar-refractivity contribution < 1.29 is 14.3 Å². The van der Waals surface area contributed by atoms with Gasteiger partial charge in [0.05, 0.1) is 12.7 Å². The Morgan fingerprint density at radius 1 is 1.00 bits per heavy atom. The number of anilines is 1. The molecule has 0 saturated carbocycles. The van der Waals surface area contributed by atoms with E-state index in [9.17, 15) is 9.59 Å². The van der Waals surface area contributed by atoms with Gasteiger partial charge in [0.2, 0.25) is 5.91 Å². The van der Waals surface area contributed by atoms with Crippen molar-refractivity contribution in [3.8, 4) is 0 Å². The molecular formula is C19H22N2O3. The maximum atomic E-state index is 11.9. The molecule has 1 amide bonds. The summed E-state index contributed by atoms with van der Waals surface area (Å²) in [5.41, 5.74) is 3.54. The van der Waals surface area contributed by atoms with Crippen molar-refractivity contribution in [2.45, 2.75) is 19.9 Å². The number of carbonyl (C=O) groups is 2. The standard InChI is InChI=1S/C19H22N2O3/c1-14-3-5-15(6-4-14)13-20-12-11-18(22)21-17-9-7-16(8-10-17)19(23)24-2/h3-10,20H,11-13H2,1-2H3,(H,21,22). The molecule has 2 rings (SSSR count). The van der Waals surface area contributed by atoms with Crippen LogP contribution in [-0.2, 0) is 16.1 Å². The highest BCUT2D eigenvalue weighted by atomic mass is 16.5. The van der Waals surface area contributed by atoms with Crippen molar-refractivity contribution in [3.63, 3.8) is 0 Å². The lowest BCUT2D eigenvalue weighted by Gasteiger charge is -2.07. The molecule has 0 aliphatic carbocycles. The fourth-order valence-corrected chi connectivity index (χ4v) is 2.17. The van der Waals surface area contributed by atoms with Crippen LogP contribution in [0.15, 0.2) is 48.5 Å². The lowest BCUT2D eigenvalue weighted by atomic mass is 10.1. The van der Waals surface area contributed by atoms with Crippen LogP contribution in [0.25, 0.3) is 0 Å². The number of methoxy groups -OCH3 is 1. The zero-order valence-corrected chi connectivity index (χ0v) is 14.0. The number of ether oxygens (including phenoxy) is 1. The van der Waals surface area contributed by atoms with E-state index in [0.29, 0.717) is 24.2 Å². The number of benzene rings is 2. The fourth-order valence-electron chi connectivity index (χ4n) is 2.17. The zero-order valence-electron chi connectivity index (χ0n) is 14.0. The molecule has 2 N–H and O–H groups in total. The number of esters is 1. The van der Waals surface area contributed by atoms with Crippen molar-refractivity contribution in [2.75, 3.05) is 19.0 Å². The molecule has 5 heteroatoms. The van der Waals surface area contributed by atoms with E-state index in [0.717, 1.165) is 6.54 Å². The number of amides is 1. The van der Waals surface area contributed by atoms with Gasteiger partial charge in [0.25, 0.3) is 0 Å². The van der Waals surface area contributed by atoms with E-state index in [4.69, 9.17) is 0 Å². The monoisotopic (exact) mass is 326 g/mol. The Morgan fingerprint density at radius 3 is 2.29 bits per heavy atom. The summed E-state index contributed by atoms with van der Waals surface area (Å²) >= 11 is 0. The van der Waals surface area contributed by atoms with Crippen LogP contribution in [-0.4, -0.2) is 25.5 Å². The number of nitrogens with one attached hydrogen (secondary N) is 2. The second-order valence-electron chi connectivity index (χ2n) is 5.53. The molecule has 0 unspecified atom stereocenters. The topological polar surface area (TPSA) is 67.4 Å². The van der Waals surface area contributed by atoms with Crippen molar-refractivity contribution in [1.29, 1.82) is 0 Å². The van der Waals surface area contributed by atoms with Crippen molar-refractivity contribution in [3.05, 3.63) is 65.2 Å². The SMILES string of the molecule is COC(=O)c1ccc(NC(=O)CCNCc2ccc(C)cc2)cc1. The molecule has 0 heterocycles. The summed E-state index contributed by atoms with van der Waals surface area (Å²) in [7, 11) is 1.33. The van der Waals surface area contributed by atoms with Gasteiger partial charge in [0.15, 0.2) is 0 Å². The number of carbonyl (C=O) groups excluding carboxylic acids is 2. The minimum Gasteiger partial charge on any atom is -0.465 e. The van der Waals surface area contributed by atoms with Crippen LogP contribution < -0.4 is 10.6 Å². The first-order valence-electron chi connectivity index (χ1n) is 7.83. The van der Waals surface area contributed by atoms with E-state index >= 15 is 0 Å². The van der Waals surface area contributed by atoms with E-state index in [1.165, 1.54) is 18.2 Å². The maximum Gasteiger partial charge on any atom is 0.337 e. The van der Waals surface area contributed by atoms with Gasteiger partial charge in [-0.05, 0) is 36.8 Å². The second-order valence-corrected chi connectivity index (χ2v) is 5.53. The number of hydrogen-bond donors (Lipinski definition) is 2. The first kappa shape index (κ1) is 17.7. The third-order valence-corrected chi connectivity index (χ3v) is 3.57. The molecule has 126 valence electrons. The summed E-state index contributed by atoms with van der Waals surface area (Å²) in [6.07, 6.45) is 0.380. The fraction of sp³-hybridized carbons (Fsp3) is 0.263. The largest absolute Gasteiger partial charge is 0.465 e. The minimum atomic E-state index is -0.395. The van der Waals surface area contributed by atoms with Crippen molar-refractivity contribution in [1.82, 2.24) is 5.32 Å². The van der Waals surface area contributed by atoms with E-state index in [1.54, 1.807) is 24.3 Å². The smallest absolute Gasteiger partial charge is 0.337 e. The maximum absolute atomic E-state index is 11.9. The Bertz CT molecular complexity index is 679. The lowest BCUT2D eigenvalue weighted by molar-refractivity contribution is -0.116. The molecule has 0 radical (unpaired) electrons. The van der Waals surface area contributed by atoms with Crippen LogP contribution in [0.4, 0.5) is 5.69 Å². The normalized spacial score (nSPS) is 10.2. The van der Waals surface area contributed by atoms with Gasteiger partial charge in [0.1, 0.15) is 0 Å². The highest BCUT2D eigenvalue weighted by Crippen LogP contribution is 2.10. The first-order chi connectivity index (χ1) is 11.6. The van der Waals surface area contributed by atoms with E-state index in [1.807, 2.05) is 0 Å². The van der Waals surface area contributed by atoms with Crippen molar-refractivity contribution >= 4 is 17.6 Å². The molecule has 0 aliphatic rings. The molecule has 24 heavy (non-hydrogen) atoms. The minimum absolute atomic E-state index is 0.0720. The zero-order chi connectivity index (χ0) is 17.4. The molecule has 0 fully saturated rings. The average Bonchev–Trinajstić information content (AvgIpc) is 2.60. The summed E-state index contributed by atoms with van der Waals surface area (Å²) in [6, 6.07) is 14.9. The van der Waals surface area contributed by atoms with Gasteiger partial charge in [-0.25, -0.2) is 4.79 Å². The van der Waals surface area contributed by atoms with Gasteiger partial charge in [-0.2, -0.15) is 0 Å². The van der Waals surface area contributed by atoms with Crippen LogP contribution in [0.1, 0.15) is 27.9 Å². The number of aryl methyl sites for hydroxylation is 1. The first-order valence-corrected chi connectivity index (χ1v) is 7.83. The molecular weight excluding hydrogens is 304 g/mol. The lowest BCUT2D eigenvalue weighted by Crippen LogP contribution is -2.21. The number of hydrogen-bond acceptors (Lipinski definition) is 4. The third-order valence-electron chi connectivity index (χ3n) is 3.57. The summed E-state index contributed by atoms with van der Waals surface area (Å²) in [5.74, 6) is -0.467. The van der Waals surface area contributed by atoms with Gasteiger partial charge in [-0.3, -0.25) is 4.79 Å². The van der Waals surface area contributed by atoms with Crippen LogP contribution in [0, 0.1) is 6.92 Å².